The number of rotatable bonds is 2. The summed E-state index contributed by atoms with van der Waals surface area (Å²) in [5.41, 5.74) is 3.96. The zero-order valence-electron chi connectivity index (χ0n) is 4.38. The summed E-state index contributed by atoms with van der Waals surface area (Å²) in [5, 5.41) is 0. The maximum Gasteiger partial charge on any atom is 0.396 e. The maximum atomic E-state index is 11.8. The number of hydrogen-bond donors (Lipinski definition) is 1. The molecule has 0 aromatic heterocycles. The smallest absolute Gasteiger partial charge is 0.364 e. The molecular weight excluding hydrogens is 222 g/mol. The van der Waals surface area contributed by atoms with Gasteiger partial charge in [0.1, 0.15) is 0 Å². The average molecular weight is 224 g/mol. The van der Waals surface area contributed by atoms with E-state index in [4.69, 9.17) is 0 Å². The second kappa shape index (κ2) is 2.37. The lowest BCUT2D eigenvalue weighted by atomic mass is 10.3. The van der Waals surface area contributed by atoms with Crippen LogP contribution >= 0.6 is 15.9 Å². The standard InChI is InChI=1S/C3H2BrF4NO/c4-3(7,8)2(5,6)1(9)10/h(H2,9,10). The number of hydrogen-bond acceptors (Lipinski definition) is 1. The molecule has 0 aliphatic carbocycles. The molecule has 0 fully saturated rings. The molecule has 0 saturated heterocycles. The van der Waals surface area contributed by atoms with Crippen molar-refractivity contribution in [3.63, 3.8) is 0 Å². The highest BCUT2D eigenvalue weighted by Gasteiger charge is 2.59. The van der Waals surface area contributed by atoms with E-state index < -0.39 is 16.7 Å². The Kier molecular flexibility index (Phi) is 2.29. The van der Waals surface area contributed by atoms with Crippen molar-refractivity contribution in [1.82, 2.24) is 0 Å². The van der Waals surface area contributed by atoms with E-state index in [9.17, 15) is 22.4 Å². The van der Waals surface area contributed by atoms with Crippen LogP contribution in [-0.2, 0) is 4.79 Å². The Morgan fingerprint density at radius 1 is 1.30 bits per heavy atom. The van der Waals surface area contributed by atoms with Gasteiger partial charge in [-0.2, -0.15) is 17.6 Å². The Labute approximate surface area is 61.5 Å². The summed E-state index contributed by atoms with van der Waals surface area (Å²) in [5.74, 6) is -7.21. The van der Waals surface area contributed by atoms with Crippen molar-refractivity contribution in [3.05, 3.63) is 0 Å². The molecule has 0 rings (SSSR count). The van der Waals surface area contributed by atoms with Crippen molar-refractivity contribution in [3.8, 4) is 0 Å². The number of primary amides is 1. The minimum absolute atomic E-state index is 1.32. The van der Waals surface area contributed by atoms with Crippen molar-refractivity contribution < 1.29 is 22.4 Å². The van der Waals surface area contributed by atoms with E-state index in [0.717, 1.165) is 0 Å². The highest BCUT2D eigenvalue weighted by molar-refractivity contribution is 9.10. The van der Waals surface area contributed by atoms with Crippen molar-refractivity contribution in [2.75, 3.05) is 0 Å². The van der Waals surface area contributed by atoms with E-state index in [1.807, 2.05) is 0 Å². The summed E-state index contributed by atoms with van der Waals surface area (Å²) < 4.78 is 46.8. The fourth-order valence-corrected chi connectivity index (χ4v) is 0.335. The van der Waals surface area contributed by atoms with Gasteiger partial charge < -0.3 is 5.73 Å². The normalized spacial score (nSPS) is 13.3. The molecule has 0 aromatic carbocycles. The fourth-order valence-electron chi connectivity index (χ4n) is 0.140. The van der Waals surface area contributed by atoms with Gasteiger partial charge in [0.05, 0.1) is 0 Å². The predicted molar refractivity (Wildman–Crippen MR) is 28.0 cm³/mol. The Morgan fingerprint density at radius 2 is 1.60 bits per heavy atom. The first-order chi connectivity index (χ1) is 4.19. The highest BCUT2D eigenvalue weighted by Crippen LogP contribution is 2.38. The first kappa shape index (κ1) is 9.67. The molecule has 2 N–H and O–H groups in total. The second-order valence-electron chi connectivity index (χ2n) is 1.44. The maximum absolute atomic E-state index is 11.8. The molecule has 7 heteroatoms. The van der Waals surface area contributed by atoms with Crippen LogP contribution < -0.4 is 5.73 Å². The number of carbonyl (C=O) groups excluding carboxylic acids is 1. The van der Waals surface area contributed by atoms with E-state index in [1.165, 1.54) is 15.9 Å². The molecular formula is C3H2BrF4NO. The van der Waals surface area contributed by atoms with E-state index >= 15 is 0 Å². The van der Waals surface area contributed by atoms with Gasteiger partial charge in [-0.3, -0.25) is 4.79 Å². The third-order valence-electron chi connectivity index (χ3n) is 0.665. The lowest BCUT2D eigenvalue weighted by Gasteiger charge is -2.16. The Bertz CT molecular complexity index is 153. The van der Waals surface area contributed by atoms with Gasteiger partial charge in [-0.05, 0) is 15.9 Å². The molecule has 0 heterocycles. The van der Waals surface area contributed by atoms with E-state index in [0.29, 0.717) is 0 Å². The number of halogens is 5. The summed E-state index contributed by atoms with van der Waals surface area (Å²) >= 11 is 1.32. The minimum Gasteiger partial charge on any atom is -0.364 e. The molecule has 0 aromatic rings. The van der Waals surface area contributed by atoms with Crippen LogP contribution in [0.2, 0.25) is 0 Å². The summed E-state index contributed by atoms with van der Waals surface area (Å²) in [6, 6.07) is 0. The van der Waals surface area contributed by atoms with Gasteiger partial charge in [0.25, 0.3) is 5.91 Å². The summed E-state index contributed by atoms with van der Waals surface area (Å²) in [6.45, 7) is 0. The van der Waals surface area contributed by atoms with Crippen LogP contribution in [0.5, 0.6) is 0 Å². The molecule has 0 saturated carbocycles. The Balaban J connectivity index is 4.57. The van der Waals surface area contributed by atoms with Crippen molar-refractivity contribution in [2.45, 2.75) is 10.8 Å². The molecule has 60 valence electrons. The molecule has 1 amide bonds. The van der Waals surface area contributed by atoms with Crippen LogP contribution in [0.25, 0.3) is 0 Å². The zero-order chi connectivity index (χ0) is 8.58. The molecule has 2 nitrogen and oxygen atoms in total. The lowest BCUT2D eigenvalue weighted by Crippen LogP contribution is -2.47. The number of carbonyl (C=O) groups is 1. The zero-order valence-corrected chi connectivity index (χ0v) is 5.96. The number of alkyl halides is 5. The fraction of sp³-hybridized carbons (Fsp3) is 0.667. The first-order valence-electron chi connectivity index (χ1n) is 1.94. The summed E-state index contributed by atoms with van der Waals surface area (Å²) in [4.78, 5) is 5.05. The van der Waals surface area contributed by atoms with Gasteiger partial charge in [-0.1, -0.05) is 0 Å². The van der Waals surface area contributed by atoms with Gasteiger partial charge in [0, 0.05) is 0 Å². The van der Waals surface area contributed by atoms with Crippen LogP contribution in [0, 0.1) is 0 Å². The van der Waals surface area contributed by atoms with Crippen molar-refractivity contribution >= 4 is 21.8 Å². The van der Waals surface area contributed by atoms with Crippen LogP contribution in [0.3, 0.4) is 0 Å². The van der Waals surface area contributed by atoms with E-state index in [-0.39, 0.29) is 0 Å². The average Bonchev–Trinajstić information content (AvgIpc) is 1.62. The number of nitrogens with two attached hydrogens (primary N) is 1. The van der Waals surface area contributed by atoms with E-state index in [1.54, 1.807) is 0 Å². The minimum atomic E-state index is -4.84. The third-order valence-corrected chi connectivity index (χ3v) is 1.16. The van der Waals surface area contributed by atoms with Gasteiger partial charge in [0.15, 0.2) is 0 Å². The Morgan fingerprint density at radius 3 is 1.60 bits per heavy atom. The molecule has 10 heavy (non-hydrogen) atoms. The molecule has 0 unspecified atom stereocenters. The van der Waals surface area contributed by atoms with Gasteiger partial charge in [0.2, 0.25) is 0 Å². The van der Waals surface area contributed by atoms with Crippen molar-refractivity contribution in [2.24, 2.45) is 5.73 Å². The molecule has 0 aliphatic rings. The van der Waals surface area contributed by atoms with Crippen LogP contribution in [-0.4, -0.2) is 16.7 Å². The van der Waals surface area contributed by atoms with Gasteiger partial charge in [-0.25, -0.2) is 0 Å². The highest BCUT2D eigenvalue weighted by atomic mass is 79.9. The predicted octanol–water partition coefficient (Wildman–Crippen LogP) is 1.09. The molecule has 0 spiro atoms. The topological polar surface area (TPSA) is 43.1 Å². The molecule has 0 aliphatic heterocycles. The summed E-state index contributed by atoms with van der Waals surface area (Å²) in [7, 11) is 0. The SMILES string of the molecule is NC(=O)C(F)(F)C(F)(F)Br. The number of amides is 1. The largest absolute Gasteiger partial charge is 0.396 e. The molecule has 0 bridgehead atoms. The van der Waals surface area contributed by atoms with Gasteiger partial charge >= 0.3 is 10.8 Å². The van der Waals surface area contributed by atoms with Crippen LogP contribution in [0.4, 0.5) is 17.6 Å². The first-order valence-corrected chi connectivity index (χ1v) is 2.73. The lowest BCUT2D eigenvalue weighted by molar-refractivity contribution is -0.172. The molecule has 0 atom stereocenters. The monoisotopic (exact) mass is 223 g/mol. The third kappa shape index (κ3) is 1.59. The quantitative estimate of drug-likeness (QED) is 0.553. The second-order valence-corrected chi connectivity index (χ2v) is 2.43. The summed E-state index contributed by atoms with van der Waals surface area (Å²) in [6.07, 6.45) is 0. The van der Waals surface area contributed by atoms with E-state index in [2.05, 4.69) is 5.73 Å². The Hall–Kier alpha value is -0.330. The molecule has 0 radical (unpaired) electrons. The van der Waals surface area contributed by atoms with Crippen molar-refractivity contribution in [1.29, 1.82) is 0 Å². The van der Waals surface area contributed by atoms with Gasteiger partial charge in [-0.15, -0.1) is 0 Å². The van der Waals surface area contributed by atoms with Crippen LogP contribution in [0.1, 0.15) is 0 Å². The van der Waals surface area contributed by atoms with Crippen LogP contribution in [0.15, 0.2) is 0 Å².